The molecule has 0 atom stereocenters. The third-order valence-corrected chi connectivity index (χ3v) is 3.89. The molecule has 0 N–H and O–H groups in total. The van der Waals surface area contributed by atoms with Crippen LogP contribution in [0, 0.1) is 0 Å². The van der Waals surface area contributed by atoms with Gasteiger partial charge < -0.3 is 9.47 Å². The van der Waals surface area contributed by atoms with Gasteiger partial charge in [0.25, 0.3) is 0 Å². The molecule has 0 saturated carbocycles. The normalized spacial score (nSPS) is 11.9. The van der Waals surface area contributed by atoms with Gasteiger partial charge in [0.15, 0.2) is 0 Å². The molecule has 0 aliphatic heterocycles. The average Bonchev–Trinajstić information content (AvgIpc) is 2.73. The monoisotopic (exact) mass is 357 g/mol. The standard InChI is InChI=1S/C24H23NO2/c1-20(19-26-18-17-21-11-5-2-6-12-21)24(25-22-13-7-3-8-14-22)27-23-15-9-4-10-16-23/h2-16,19H,17-18H2,1H3. The first kappa shape index (κ1) is 18.5. The molecule has 27 heavy (non-hydrogen) atoms. The van der Waals surface area contributed by atoms with Crippen molar-refractivity contribution in [1.29, 1.82) is 0 Å². The highest BCUT2D eigenvalue weighted by atomic mass is 16.5. The predicted octanol–water partition coefficient (Wildman–Crippen LogP) is 5.96. The Hall–Kier alpha value is -3.33. The van der Waals surface area contributed by atoms with Gasteiger partial charge in [-0.2, -0.15) is 0 Å². The van der Waals surface area contributed by atoms with E-state index >= 15 is 0 Å². The zero-order valence-electron chi connectivity index (χ0n) is 15.4. The van der Waals surface area contributed by atoms with Crippen LogP contribution in [0.2, 0.25) is 0 Å². The van der Waals surface area contributed by atoms with Gasteiger partial charge in [-0.25, -0.2) is 4.99 Å². The first-order chi connectivity index (χ1) is 13.3. The Bertz CT molecular complexity index is 872. The summed E-state index contributed by atoms with van der Waals surface area (Å²) in [6, 6.07) is 29.7. The molecule has 0 heterocycles. The van der Waals surface area contributed by atoms with Gasteiger partial charge in [-0.15, -0.1) is 0 Å². The van der Waals surface area contributed by atoms with Crippen molar-refractivity contribution in [2.75, 3.05) is 6.61 Å². The van der Waals surface area contributed by atoms with Gasteiger partial charge in [0.2, 0.25) is 5.90 Å². The molecule has 136 valence electrons. The van der Waals surface area contributed by atoms with Crippen molar-refractivity contribution in [2.45, 2.75) is 13.3 Å². The largest absolute Gasteiger partial charge is 0.500 e. The lowest BCUT2D eigenvalue weighted by Crippen LogP contribution is -2.10. The van der Waals surface area contributed by atoms with Crippen molar-refractivity contribution in [1.82, 2.24) is 0 Å². The Labute approximate surface area is 160 Å². The topological polar surface area (TPSA) is 30.8 Å². The van der Waals surface area contributed by atoms with Gasteiger partial charge in [0.1, 0.15) is 5.75 Å². The summed E-state index contributed by atoms with van der Waals surface area (Å²) in [6.07, 6.45) is 2.57. The van der Waals surface area contributed by atoms with Crippen LogP contribution >= 0.6 is 0 Å². The maximum absolute atomic E-state index is 6.00. The zero-order chi connectivity index (χ0) is 18.7. The van der Waals surface area contributed by atoms with E-state index in [1.807, 2.05) is 85.8 Å². The maximum Gasteiger partial charge on any atom is 0.225 e. The molecule has 3 heteroatoms. The second kappa shape index (κ2) is 9.97. The highest BCUT2D eigenvalue weighted by molar-refractivity contribution is 5.96. The first-order valence-electron chi connectivity index (χ1n) is 9.00. The van der Waals surface area contributed by atoms with Crippen LogP contribution in [-0.2, 0) is 11.2 Å². The zero-order valence-corrected chi connectivity index (χ0v) is 15.4. The lowest BCUT2D eigenvalue weighted by atomic mass is 10.2. The van der Waals surface area contributed by atoms with E-state index in [2.05, 4.69) is 17.1 Å². The highest BCUT2D eigenvalue weighted by Crippen LogP contribution is 2.17. The molecule has 0 aromatic heterocycles. The van der Waals surface area contributed by atoms with Crippen molar-refractivity contribution >= 4 is 11.6 Å². The molecule has 0 fully saturated rings. The van der Waals surface area contributed by atoms with Crippen LogP contribution in [0.4, 0.5) is 5.69 Å². The number of nitrogens with zero attached hydrogens (tertiary/aromatic N) is 1. The van der Waals surface area contributed by atoms with E-state index < -0.39 is 0 Å². The number of ether oxygens (including phenoxy) is 2. The fourth-order valence-corrected chi connectivity index (χ4v) is 2.47. The van der Waals surface area contributed by atoms with Crippen LogP contribution in [0.1, 0.15) is 12.5 Å². The van der Waals surface area contributed by atoms with Crippen LogP contribution < -0.4 is 4.74 Å². The van der Waals surface area contributed by atoms with E-state index in [1.165, 1.54) is 5.56 Å². The predicted molar refractivity (Wildman–Crippen MR) is 110 cm³/mol. The van der Waals surface area contributed by atoms with Crippen molar-refractivity contribution in [3.05, 3.63) is 108 Å². The van der Waals surface area contributed by atoms with Gasteiger partial charge in [-0.3, -0.25) is 0 Å². The maximum atomic E-state index is 6.00. The molecule has 0 spiro atoms. The summed E-state index contributed by atoms with van der Waals surface area (Å²) < 4.78 is 11.7. The summed E-state index contributed by atoms with van der Waals surface area (Å²) in [4.78, 5) is 4.64. The van der Waals surface area contributed by atoms with Gasteiger partial charge in [-0.05, 0) is 36.8 Å². The molecule has 3 nitrogen and oxygen atoms in total. The number of aliphatic imine (C=N–C) groups is 1. The number of hydrogen-bond donors (Lipinski definition) is 0. The van der Waals surface area contributed by atoms with E-state index in [0.29, 0.717) is 12.5 Å². The van der Waals surface area contributed by atoms with Crippen molar-refractivity contribution in [2.24, 2.45) is 4.99 Å². The van der Waals surface area contributed by atoms with E-state index in [-0.39, 0.29) is 0 Å². The Morgan fingerprint density at radius 3 is 2.07 bits per heavy atom. The number of benzene rings is 3. The average molecular weight is 357 g/mol. The minimum atomic E-state index is 0.520. The summed E-state index contributed by atoms with van der Waals surface area (Å²) >= 11 is 0. The van der Waals surface area contributed by atoms with Crippen molar-refractivity contribution < 1.29 is 9.47 Å². The lowest BCUT2D eigenvalue weighted by molar-refractivity contribution is 0.251. The molecule has 0 unspecified atom stereocenters. The second-order valence-electron chi connectivity index (χ2n) is 6.07. The van der Waals surface area contributed by atoms with Crippen LogP contribution in [0.5, 0.6) is 5.75 Å². The highest BCUT2D eigenvalue weighted by Gasteiger charge is 2.07. The lowest BCUT2D eigenvalue weighted by Gasteiger charge is -2.10. The van der Waals surface area contributed by atoms with E-state index in [4.69, 9.17) is 9.47 Å². The van der Waals surface area contributed by atoms with Crippen LogP contribution in [-0.4, -0.2) is 12.5 Å². The summed E-state index contributed by atoms with van der Waals surface area (Å²) in [5.74, 6) is 1.26. The Kier molecular flexibility index (Phi) is 6.82. The Balaban J connectivity index is 1.70. The Morgan fingerprint density at radius 2 is 1.41 bits per heavy atom. The quantitative estimate of drug-likeness (QED) is 0.226. The van der Waals surface area contributed by atoms with Gasteiger partial charge in [0, 0.05) is 12.0 Å². The van der Waals surface area contributed by atoms with Gasteiger partial charge >= 0.3 is 0 Å². The van der Waals surface area contributed by atoms with E-state index in [9.17, 15) is 0 Å². The van der Waals surface area contributed by atoms with Crippen molar-refractivity contribution in [3.63, 3.8) is 0 Å². The second-order valence-corrected chi connectivity index (χ2v) is 6.07. The molecule has 0 bridgehead atoms. The number of hydrogen-bond acceptors (Lipinski definition) is 3. The van der Waals surface area contributed by atoms with Crippen LogP contribution in [0.15, 0.2) is 108 Å². The van der Waals surface area contributed by atoms with E-state index in [1.54, 1.807) is 6.26 Å². The van der Waals surface area contributed by atoms with Crippen LogP contribution in [0.25, 0.3) is 0 Å². The molecule has 0 aliphatic carbocycles. The number of rotatable bonds is 7. The molecule has 3 aromatic rings. The smallest absolute Gasteiger partial charge is 0.225 e. The molecule has 0 aliphatic rings. The molecule has 3 rings (SSSR count). The van der Waals surface area contributed by atoms with Crippen molar-refractivity contribution in [3.8, 4) is 5.75 Å². The SMILES string of the molecule is CC(=COCCc1ccccc1)C(=Nc1ccccc1)Oc1ccccc1. The minimum absolute atomic E-state index is 0.520. The Morgan fingerprint density at radius 1 is 0.815 bits per heavy atom. The minimum Gasteiger partial charge on any atom is -0.500 e. The number of para-hydroxylation sites is 2. The van der Waals surface area contributed by atoms with E-state index in [0.717, 1.165) is 23.4 Å². The summed E-state index contributed by atoms with van der Waals surface area (Å²) in [5.41, 5.74) is 2.92. The third kappa shape index (κ3) is 6.15. The summed E-state index contributed by atoms with van der Waals surface area (Å²) in [7, 11) is 0. The molecular weight excluding hydrogens is 334 g/mol. The fourth-order valence-electron chi connectivity index (χ4n) is 2.47. The third-order valence-electron chi connectivity index (χ3n) is 3.89. The molecule has 0 saturated heterocycles. The molecule has 3 aromatic carbocycles. The van der Waals surface area contributed by atoms with Crippen LogP contribution in [0.3, 0.4) is 0 Å². The fraction of sp³-hybridized carbons (Fsp3) is 0.125. The van der Waals surface area contributed by atoms with Gasteiger partial charge in [-0.1, -0.05) is 66.7 Å². The summed E-state index contributed by atoms with van der Waals surface area (Å²) in [6.45, 7) is 2.54. The first-order valence-corrected chi connectivity index (χ1v) is 9.00. The summed E-state index contributed by atoms with van der Waals surface area (Å²) in [5, 5.41) is 0. The molecular formula is C24H23NO2. The molecule has 0 amide bonds. The molecule has 0 radical (unpaired) electrons. The van der Waals surface area contributed by atoms with Gasteiger partial charge in [0.05, 0.1) is 18.6 Å².